The highest BCUT2D eigenvalue weighted by Crippen LogP contribution is 2.31. The van der Waals surface area contributed by atoms with Crippen molar-refractivity contribution in [3.63, 3.8) is 0 Å². The van der Waals surface area contributed by atoms with Crippen molar-refractivity contribution in [2.45, 2.75) is 6.92 Å². The van der Waals surface area contributed by atoms with Crippen LogP contribution in [-0.4, -0.2) is 29.9 Å². The minimum Gasteiger partial charge on any atom is -0.493 e. The number of ether oxygens (including phenoxy) is 3. The maximum Gasteiger partial charge on any atom is 0.363 e. The highest BCUT2D eigenvalue weighted by molar-refractivity contribution is 6.13. The molecule has 0 aromatic heterocycles. The Balaban J connectivity index is 1.61. The third kappa shape index (κ3) is 4.53. The van der Waals surface area contributed by atoms with Crippen LogP contribution in [0.3, 0.4) is 0 Å². The van der Waals surface area contributed by atoms with Gasteiger partial charge in [-0.25, -0.2) is 14.6 Å². The molecule has 0 aliphatic carbocycles. The molecule has 1 aliphatic rings. The fourth-order valence-electron chi connectivity index (χ4n) is 3.33. The molecule has 3 aromatic carbocycles. The molecule has 1 aliphatic heterocycles. The maximum absolute atomic E-state index is 12.4. The van der Waals surface area contributed by atoms with Crippen molar-refractivity contribution < 1.29 is 28.7 Å². The number of carbonyl (C=O) groups is 2. The first-order valence-corrected chi connectivity index (χ1v) is 10.1. The van der Waals surface area contributed by atoms with Gasteiger partial charge < -0.3 is 14.2 Å². The molecule has 9 nitrogen and oxygen atoms in total. The van der Waals surface area contributed by atoms with Crippen LogP contribution in [0, 0.1) is 17.0 Å². The summed E-state index contributed by atoms with van der Waals surface area (Å²) in [6.45, 7) is 1.56. The fraction of sp³-hybridized carbons (Fsp3) is 0.0800. The molecule has 0 fully saturated rings. The first-order chi connectivity index (χ1) is 16.4. The number of aliphatic imine (C=N–C) groups is 1. The van der Waals surface area contributed by atoms with E-state index in [0.717, 1.165) is 0 Å². The number of nitro groups is 1. The standard InChI is InChI=1S/C25H18N2O7/c1-15-18(9-6-10-20(15)27(30)31)23-26-19(25(29)34-23)13-16-11-12-21(22(14-16)32-2)33-24(28)17-7-4-3-5-8-17/h3-14H,1-2H3/b19-13-. The Morgan fingerprint density at radius 3 is 2.53 bits per heavy atom. The summed E-state index contributed by atoms with van der Waals surface area (Å²) < 4.78 is 16.0. The molecule has 0 saturated heterocycles. The average Bonchev–Trinajstić information content (AvgIpc) is 3.20. The van der Waals surface area contributed by atoms with E-state index in [9.17, 15) is 19.7 Å². The largest absolute Gasteiger partial charge is 0.493 e. The van der Waals surface area contributed by atoms with E-state index in [1.165, 1.54) is 25.3 Å². The highest BCUT2D eigenvalue weighted by Gasteiger charge is 2.27. The van der Waals surface area contributed by atoms with Gasteiger partial charge >= 0.3 is 11.9 Å². The zero-order chi connectivity index (χ0) is 24.2. The molecule has 170 valence electrons. The predicted molar refractivity (Wildman–Crippen MR) is 123 cm³/mol. The van der Waals surface area contributed by atoms with Crippen LogP contribution < -0.4 is 9.47 Å². The predicted octanol–water partition coefficient (Wildman–Crippen LogP) is 4.48. The van der Waals surface area contributed by atoms with Crippen molar-refractivity contribution in [3.05, 3.63) is 105 Å². The lowest BCUT2D eigenvalue weighted by molar-refractivity contribution is -0.385. The van der Waals surface area contributed by atoms with E-state index in [-0.39, 0.29) is 28.8 Å². The zero-order valence-corrected chi connectivity index (χ0v) is 18.2. The smallest absolute Gasteiger partial charge is 0.363 e. The van der Waals surface area contributed by atoms with Crippen molar-refractivity contribution in [1.82, 2.24) is 0 Å². The van der Waals surface area contributed by atoms with E-state index in [1.54, 1.807) is 61.5 Å². The number of methoxy groups -OCH3 is 1. The van der Waals surface area contributed by atoms with E-state index in [1.807, 2.05) is 0 Å². The number of nitro benzene ring substituents is 1. The monoisotopic (exact) mass is 458 g/mol. The summed E-state index contributed by atoms with van der Waals surface area (Å²) in [6.07, 6.45) is 1.48. The molecule has 0 atom stereocenters. The van der Waals surface area contributed by atoms with Gasteiger partial charge in [-0.3, -0.25) is 10.1 Å². The average molecular weight is 458 g/mol. The van der Waals surface area contributed by atoms with Crippen LogP contribution in [0.25, 0.3) is 6.08 Å². The number of carbonyl (C=O) groups excluding carboxylic acids is 2. The SMILES string of the molecule is COc1cc(/C=C2\N=C(c3cccc([N+](=O)[O-])c3C)OC2=O)ccc1OC(=O)c1ccccc1. The lowest BCUT2D eigenvalue weighted by Crippen LogP contribution is -2.09. The summed E-state index contributed by atoms with van der Waals surface area (Å²) in [6, 6.07) is 17.7. The summed E-state index contributed by atoms with van der Waals surface area (Å²) in [5.41, 5.74) is 1.54. The Bertz CT molecular complexity index is 1360. The van der Waals surface area contributed by atoms with Crippen LogP contribution in [0.1, 0.15) is 27.0 Å². The van der Waals surface area contributed by atoms with E-state index < -0.39 is 16.9 Å². The molecule has 9 heteroatoms. The van der Waals surface area contributed by atoms with Crippen LogP contribution in [0.2, 0.25) is 0 Å². The van der Waals surface area contributed by atoms with Gasteiger partial charge in [0.1, 0.15) is 0 Å². The first kappa shape index (κ1) is 22.4. The van der Waals surface area contributed by atoms with E-state index >= 15 is 0 Å². The van der Waals surface area contributed by atoms with Crippen molar-refractivity contribution in [2.24, 2.45) is 4.99 Å². The quantitative estimate of drug-likeness (QED) is 0.176. The minimum absolute atomic E-state index is 0.0111. The number of rotatable bonds is 6. The summed E-state index contributed by atoms with van der Waals surface area (Å²) in [5, 5.41) is 11.2. The molecule has 0 amide bonds. The molecule has 0 N–H and O–H groups in total. The van der Waals surface area contributed by atoms with Crippen LogP contribution in [0.4, 0.5) is 5.69 Å². The molecule has 0 saturated carbocycles. The molecular weight excluding hydrogens is 440 g/mol. The Hall–Kier alpha value is -4.79. The number of esters is 2. The molecule has 0 radical (unpaired) electrons. The van der Waals surface area contributed by atoms with E-state index in [2.05, 4.69) is 4.99 Å². The van der Waals surface area contributed by atoms with E-state index in [0.29, 0.717) is 22.3 Å². The lowest BCUT2D eigenvalue weighted by atomic mass is 10.1. The van der Waals surface area contributed by atoms with Gasteiger partial charge in [-0.2, -0.15) is 0 Å². The van der Waals surface area contributed by atoms with Gasteiger partial charge in [0, 0.05) is 17.2 Å². The number of benzene rings is 3. The number of hydrogen-bond donors (Lipinski definition) is 0. The number of nitrogens with zero attached hydrogens (tertiary/aromatic N) is 2. The number of hydrogen-bond acceptors (Lipinski definition) is 8. The molecule has 4 rings (SSSR count). The molecular formula is C25H18N2O7. The van der Waals surface area contributed by atoms with Gasteiger partial charge in [0.05, 0.1) is 17.6 Å². The fourth-order valence-corrected chi connectivity index (χ4v) is 3.33. The second kappa shape index (κ2) is 9.37. The second-order valence-corrected chi connectivity index (χ2v) is 7.21. The maximum atomic E-state index is 12.4. The van der Waals surface area contributed by atoms with Gasteiger partial charge in [-0.15, -0.1) is 0 Å². The van der Waals surface area contributed by atoms with Gasteiger partial charge in [-0.05, 0) is 48.9 Å². The highest BCUT2D eigenvalue weighted by atomic mass is 16.6. The van der Waals surface area contributed by atoms with Crippen molar-refractivity contribution >= 4 is 29.6 Å². The molecule has 0 bridgehead atoms. The number of cyclic esters (lactones) is 1. The van der Waals surface area contributed by atoms with Crippen LogP contribution in [-0.2, 0) is 9.53 Å². The third-order valence-electron chi connectivity index (χ3n) is 5.06. The third-order valence-corrected chi connectivity index (χ3v) is 5.06. The van der Waals surface area contributed by atoms with Gasteiger partial charge in [0.2, 0.25) is 5.90 Å². The lowest BCUT2D eigenvalue weighted by Gasteiger charge is -2.10. The molecule has 0 unspecified atom stereocenters. The van der Waals surface area contributed by atoms with Crippen LogP contribution >= 0.6 is 0 Å². The Labute approximate surface area is 194 Å². The van der Waals surface area contributed by atoms with Gasteiger partial charge in [0.15, 0.2) is 17.2 Å². The molecule has 34 heavy (non-hydrogen) atoms. The first-order valence-electron chi connectivity index (χ1n) is 10.1. The van der Waals surface area contributed by atoms with Crippen molar-refractivity contribution in [1.29, 1.82) is 0 Å². The molecule has 0 spiro atoms. The summed E-state index contributed by atoms with van der Waals surface area (Å²) in [4.78, 5) is 39.6. The Morgan fingerprint density at radius 2 is 1.82 bits per heavy atom. The van der Waals surface area contributed by atoms with Crippen molar-refractivity contribution in [2.75, 3.05) is 7.11 Å². The molecule has 3 aromatic rings. The second-order valence-electron chi connectivity index (χ2n) is 7.21. The Morgan fingerprint density at radius 1 is 1.06 bits per heavy atom. The molecule has 1 heterocycles. The Kier molecular flexibility index (Phi) is 6.18. The van der Waals surface area contributed by atoms with Gasteiger partial charge in [-0.1, -0.05) is 30.3 Å². The van der Waals surface area contributed by atoms with Gasteiger partial charge in [0.25, 0.3) is 5.69 Å². The summed E-state index contributed by atoms with van der Waals surface area (Å²) in [7, 11) is 1.43. The van der Waals surface area contributed by atoms with E-state index in [4.69, 9.17) is 14.2 Å². The zero-order valence-electron chi connectivity index (χ0n) is 18.2. The summed E-state index contributed by atoms with van der Waals surface area (Å²) >= 11 is 0. The normalized spacial score (nSPS) is 13.9. The topological polar surface area (TPSA) is 117 Å². The minimum atomic E-state index is -0.695. The van der Waals surface area contributed by atoms with Crippen molar-refractivity contribution in [3.8, 4) is 11.5 Å². The van der Waals surface area contributed by atoms with Crippen LogP contribution in [0.5, 0.6) is 11.5 Å². The summed E-state index contributed by atoms with van der Waals surface area (Å²) in [5.74, 6) is -0.754. The van der Waals surface area contributed by atoms with Crippen LogP contribution in [0.15, 0.2) is 77.4 Å².